The van der Waals surface area contributed by atoms with Gasteiger partial charge in [-0.25, -0.2) is 0 Å². The minimum absolute atomic E-state index is 0.0834. The molecule has 0 saturated heterocycles. The van der Waals surface area contributed by atoms with Crippen LogP contribution in [0.4, 0.5) is 5.69 Å². The number of carbonyl (C=O) groups is 1. The van der Waals surface area contributed by atoms with Gasteiger partial charge in [-0.05, 0) is 31.6 Å². The van der Waals surface area contributed by atoms with Crippen molar-refractivity contribution < 1.29 is 4.79 Å². The standard InChI is InChI=1S/C12H13NO/c1-10-5-7-11(8-6-10)13-9-3-2-4-12(13)14/h2,4-8H,3,9H2,1H3. The zero-order valence-electron chi connectivity index (χ0n) is 8.23. The number of benzene rings is 1. The molecule has 0 N–H and O–H groups in total. The van der Waals surface area contributed by atoms with Crippen molar-refractivity contribution in [1.29, 1.82) is 0 Å². The molecule has 0 unspecified atom stereocenters. The lowest BCUT2D eigenvalue weighted by Gasteiger charge is -2.23. The van der Waals surface area contributed by atoms with Crippen LogP contribution in [0, 0.1) is 6.92 Å². The molecular weight excluding hydrogens is 174 g/mol. The topological polar surface area (TPSA) is 20.3 Å². The molecule has 0 saturated carbocycles. The van der Waals surface area contributed by atoms with Crippen LogP contribution in [0.2, 0.25) is 0 Å². The SMILES string of the molecule is Cc1ccc(N2CCC=CC2=O)cc1. The van der Waals surface area contributed by atoms with Gasteiger partial charge in [0.2, 0.25) is 0 Å². The predicted octanol–water partition coefficient (Wildman–Crippen LogP) is 2.29. The van der Waals surface area contributed by atoms with Gasteiger partial charge in [0.1, 0.15) is 0 Å². The summed E-state index contributed by atoms with van der Waals surface area (Å²) in [6.45, 7) is 2.83. The molecule has 0 atom stereocenters. The minimum atomic E-state index is 0.0834. The average molecular weight is 187 g/mol. The number of nitrogens with zero attached hydrogens (tertiary/aromatic N) is 1. The number of anilines is 1. The lowest BCUT2D eigenvalue weighted by Crippen LogP contribution is -2.32. The van der Waals surface area contributed by atoms with Crippen LogP contribution in [0.25, 0.3) is 0 Å². The number of hydrogen-bond donors (Lipinski definition) is 0. The molecule has 2 heteroatoms. The van der Waals surface area contributed by atoms with Crippen molar-refractivity contribution in [2.75, 3.05) is 11.4 Å². The van der Waals surface area contributed by atoms with E-state index in [9.17, 15) is 4.79 Å². The monoisotopic (exact) mass is 187 g/mol. The first-order chi connectivity index (χ1) is 6.77. The number of amides is 1. The molecule has 1 aliphatic heterocycles. The van der Waals surface area contributed by atoms with Crippen molar-refractivity contribution in [3.63, 3.8) is 0 Å². The first-order valence-corrected chi connectivity index (χ1v) is 4.82. The number of hydrogen-bond acceptors (Lipinski definition) is 1. The van der Waals surface area contributed by atoms with Crippen molar-refractivity contribution in [2.24, 2.45) is 0 Å². The molecule has 0 aliphatic carbocycles. The highest BCUT2D eigenvalue weighted by Gasteiger charge is 2.14. The van der Waals surface area contributed by atoms with Crippen LogP contribution in [0.5, 0.6) is 0 Å². The Labute approximate surface area is 83.8 Å². The molecule has 1 aromatic rings. The van der Waals surface area contributed by atoms with E-state index in [1.807, 2.05) is 37.3 Å². The first kappa shape index (κ1) is 9.00. The first-order valence-electron chi connectivity index (χ1n) is 4.82. The van der Waals surface area contributed by atoms with Gasteiger partial charge in [-0.2, -0.15) is 0 Å². The van der Waals surface area contributed by atoms with Gasteiger partial charge in [0, 0.05) is 12.2 Å². The van der Waals surface area contributed by atoms with E-state index in [1.165, 1.54) is 5.56 Å². The molecule has 0 radical (unpaired) electrons. The van der Waals surface area contributed by atoms with E-state index < -0.39 is 0 Å². The maximum Gasteiger partial charge on any atom is 0.250 e. The number of rotatable bonds is 1. The molecule has 0 bridgehead atoms. The molecule has 2 rings (SSSR count). The fourth-order valence-electron chi connectivity index (χ4n) is 1.57. The summed E-state index contributed by atoms with van der Waals surface area (Å²) in [7, 11) is 0. The van der Waals surface area contributed by atoms with Crippen molar-refractivity contribution in [3.8, 4) is 0 Å². The molecule has 0 fully saturated rings. The summed E-state index contributed by atoms with van der Waals surface area (Å²) in [5.41, 5.74) is 2.21. The Hall–Kier alpha value is -1.57. The zero-order chi connectivity index (χ0) is 9.97. The van der Waals surface area contributed by atoms with E-state index in [4.69, 9.17) is 0 Å². The largest absolute Gasteiger partial charge is 0.309 e. The molecule has 14 heavy (non-hydrogen) atoms. The maximum atomic E-state index is 11.5. The fourth-order valence-corrected chi connectivity index (χ4v) is 1.57. The smallest absolute Gasteiger partial charge is 0.250 e. The fraction of sp³-hybridized carbons (Fsp3) is 0.250. The predicted molar refractivity (Wildman–Crippen MR) is 57.3 cm³/mol. The summed E-state index contributed by atoms with van der Waals surface area (Å²) in [6, 6.07) is 8.04. The van der Waals surface area contributed by atoms with Crippen LogP contribution in [-0.2, 0) is 4.79 Å². The summed E-state index contributed by atoms with van der Waals surface area (Å²) >= 11 is 0. The molecule has 72 valence electrons. The molecular formula is C12H13NO. The Kier molecular flexibility index (Phi) is 2.35. The van der Waals surface area contributed by atoms with Crippen molar-refractivity contribution in [2.45, 2.75) is 13.3 Å². The lowest BCUT2D eigenvalue weighted by atomic mass is 10.2. The summed E-state index contributed by atoms with van der Waals surface area (Å²) in [5.74, 6) is 0.0834. The van der Waals surface area contributed by atoms with Crippen LogP contribution in [0.1, 0.15) is 12.0 Å². The summed E-state index contributed by atoms with van der Waals surface area (Å²) in [4.78, 5) is 13.3. The quantitative estimate of drug-likeness (QED) is 0.660. The Morgan fingerprint density at radius 2 is 1.93 bits per heavy atom. The Morgan fingerprint density at radius 3 is 2.57 bits per heavy atom. The Bertz CT molecular complexity index is 364. The number of carbonyl (C=O) groups excluding carboxylic acids is 1. The minimum Gasteiger partial charge on any atom is -0.309 e. The highest BCUT2D eigenvalue weighted by molar-refractivity contribution is 6.02. The zero-order valence-corrected chi connectivity index (χ0v) is 8.23. The van der Waals surface area contributed by atoms with Crippen LogP contribution in [-0.4, -0.2) is 12.5 Å². The van der Waals surface area contributed by atoms with Gasteiger partial charge in [0.25, 0.3) is 5.91 Å². The summed E-state index contributed by atoms with van der Waals surface area (Å²) in [6.07, 6.45) is 4.51. The molecule has 1 aliphatic rings. The van der Waals surface area contributed by atoms with Crippen LogP contribution in [0.3, 0.4) is 0 Å². The second kappa shape index (κ2) is 3.66. The van der Waals surface area contributed by atoms with E-state index in [2.05, 4.69) is 0 Å². The molecule has 0 spiro atoms. The summed E-state index contributed by atoms with van der Waals surface area (Å²) < 4.78 is 0. The van der Waals surface area contributed by atoms with Gasteiger partial charge in [0.05, 0.1) is 0 Å². The average Bonchev–Trinajstić information content (AvgIpc) is 2.20. The molecule has 1 amide bonds. The Morgan fingerprint density at radius 1 is 1.21 bits per heavy atom. The van der Waals surface area contributed by atoms with Gasteiger partial charge in [0.15, 0.2) is 0 Å². The lowest BCUT2D eigenvalue weighted by molar-refractivity contribution is -0.114. The van der Waals surface area contributed by atoms with Crippen molar-refractivity contribution >= 4 is 11.6 Å². The van der Waals surface area contributed by atoms with Crippen molar-refractivity contribution in [1.82, 2.24) is 0 Å². The van der Waals surface area contributed by atoms with Gasteiger partial charge in [-0.1, -0.05) is 23.8 Å². The van der Waals surface area contributed by atoms with Gasteiger partial charge in [-0.15, -0.1) is 0 Å². The molecule has 0 aromatic heterocycles. The third-order valence-electron chi connectivity index (χ3n) is 2.39. The molecule has 1 aromatic carbocycles. The normalized spacial score (nSPS) is 16.1. The third kappa shape index (κ3) is 1.69. The van der Waals surface area contributed by atoms with Crippen LogP contribution < -0.4 is 4.90 Å². The van der Waals surface area contributed by atoms with E-state index in [0.29, 0.717) is 0 Å². The van der Waals surface area contributed by atoms with Gasteiger partial charge < -0.3 is 4.90 Å². The van der Waals surface area contributed by atoms with E-state index in [1.54, 1.807) is 11.0 Å². The van der Waals surface area contributed by atoms with Gasteiger partial charge in [-0.3, -0.25) is 4.79 Å². The second-order valence-corrected chi connectivity index (χ2v) is 3.52. The van der Waals surface area contributed by atoms with Crippen molar-refractivity contribution in [3.05, 3.63) is 42.0 Å². The van der Waals surface area contributed by atoms with Crippen LogP contribution >= 0.6 is 0 Å². The van der Waals surface area contributed by atoms with Crippen LogP contribution in [0.15, 0.2) is 36.4 Å². The second-order valence-electron chi connectivity index (χ2n) is 3.52. The number of aryl methyl sites for hydroxylation is 1. The van der Waals surface area contributed by atoms with E-state index in [0.717, 1.165) is 18.7 Å². The van der Waals surface area contributed by atoms with Gasteiger partial charge >= 0.3 is 0 Å². The summed E-state index contributed by atoms with van der Waals surface area (Å²) in [5, 5.41) is 0. The maximum absolute atomic E-state index is 11.5. The molecule has 1 heterocycles. The highest BCUT2D eigenvalue weighted by atomic mass is 16.2. The highest BCUT2D eigenvalue weighted by Crippen LogP contribution is 2.17. The van der Waals surface area contributed by atoms with E-state index >= 15 is 0 Å². The molecule has 2 nitrogen and oxygen atoms in total. The third-order valence-corrected chi connectivity index (χ3v) is 2.39. The van der Waals surface area contributed by atoms with E-state index in [-0.39, 0.29) is 5.91 Å². The Balaban J connectivity index is 2.26.